The van der Waals surface area contributed by atoms with Crippen molar-refractivity contribution in [1.82, 2.24) is 0 Å². The van der Waals surface area contributed by atoms with Crippen molar-refractivity contribution in [3.05, 3.63) is 35.0 Å². The van der Waals surface area contributed by atoms with Gasteiger partial charge in [0, 0.05) is 0 Å². The zero-order valence-electron chi connectivity index (χ0n) is 18.2. The van der Waals surface area contributed by atoms with E-state index in [-0.39, 0.29) is 35.9 Å². The molecule has 0 amide bonds. The zero-order chi connectivity index (χ0) is 23.7. The van der Waals surface area contributed by atoms with Gasteiger partial charge in [0.25, 0.3) is 0 Å². The lowest BCUT2D eigenvalue weighted by molar-refractivity contribution is -0.140. The van der Waals surface area contributed by atoms with Gasteiger partial charge in [-0.1, -0.05) is 6.92 Å². The molecule has 0 aliphatic carbocycles. The number of hydrogen-bond acceptors (Lipinski definition) is 11. The number of hydrogen-bond donors (Lipinski definition) is 2. The summed E-state index contributed by atoms with van der Waals surface area (Å²) < 4.78 is 25.9. The molecule has 1 unspecified atom stereocenters. The van der Waals surface area contributed by atoms with Crippen molar-refractivity contribution in [2.24, 2.45) is 0 Å². The molecule has 0 fully saturated rings. The number of benzene rings is 1. The average Bonchev–Trinajstić information content (AvgIpc) is 2.84. The summed E-state index contributed by atoms with van der Waals surface area (Å²) in [4.78, 5) is 38.6. The number of aliphatic hydroxyl groups excluding tert-OH is 2. The van der Waals surface area contributed by atoms with Crippen LogP contribution in [0.3, 0.4) is 0 Å². The first-order valence-electron chi connectivity index (χ1n) is 9.85. The Morgan fingerprint density at radius 3 is 2.50 bits per heavy atom. The van der Waals surface area contributed by atoms with E-state index in [2.05, 4.69) is 0 Å². The van der Waals surface area contributed by atoms with Gasteiger partial charge in [-0.2, -0.15) is 0 Å². The average molecular weight is 453 g/mol. The molecule has 1 aromatic rings. The number of anilines is 1. The van der Waals surface area contributed by atoms with Gasteiger partial charge in [-0.25, -0.2) is 14.4 Å². The molecule has 1 aliphatic heterocycles. The number of nitrogens with zero attached hydrogens (tertiary/aromatic N) is 1. The Kier molecular flexibility index (Phi) is 9.44. The molecule has 0 spiro atoms. The van der Waals surface area contributed by atoms with Crippen molar-refractivity contribution >= 4 is 23.6 Å². The summed E-state index contributed by atoms with van der Waals surface area (Å²) in [5, 5.41) is 18.3. The number of carbonyl (C=O) groups excluding carboxylic acids is 3. The molecule has 2 rings (SSSR count). The number of rotatable bonds is 10. The minimum atomic E-state index is -1.21. The first-order chi connectivity index (χ1) is 15.4. The van der Waals surface area contributed by atoms with Gasteiger partial charge >= 0.3 is 17.9 Å². The Bertz CT molecular complexity index is 866. The van der Waals surface area contributed by atoms with Crippen LogP contribution >= 0.6 is 0 Å². The number of esters is 3. The highest BCUT2D eigenvalue weighted by Crippen LogP contribution is 2.35. The lowest BCUT2D eigenvalue weighted by Gasteiger charge is -2.32. The lowest BCUT2D eigenvalue weighted by Crippen LogP contribution is -2.39. The van der Waals surface area contributed by atoms with Gasteiger partial charge in [-0.05, 0) is 24.6 Å². The van der Waals surface area contributed by atoms with E-state index in [9.17, 15) is 19.5 Å². The third-order valence-electron chi connectivity index (χ3n) is 4.40. The second-order valence-corrected chi connectivity index (χ2v) is 6.68. The van der Waals surface area contributed by atoms with Crippen molar-refractivity contribution in [2.75, 3.05) is 52.3 Å². The minimum Gasteiger partial charge on any atom is -0.491 e. The summed E-state index contributed by atoms with van der Waals surface area (Å²) in [7, 11) is 2.35. The fourth-order valence-corrected chi connectivity index (χ4v) is 2.83. The maximum Gasteiger partial charge on any atom is 0.355 e. The first kappa shape index (κ1) is 25.1. The highest BCUT2D eigenvalue weighted by molar-refractivity contribution is 6.04. The van der Waals surface area contributed by atoms with Crippen LogP contribution in [0.2, 0.25) is 0 Å². The molecule has 0 radical (unpaired) electrons. The van der Waals surface area contributed by atoms with Gasteiger partial charge in [-0.3, -0.25) is 0 Å². The van der Waals surface area contributed by atoms with Crippen LogP contribution in [0.1, 0.15) is 23.7 Å². The van der Waals surface area contributed by atoms with Gasteiger partial charge in [0.2, 0.25) is 0 Å². The molecule has 11 heteroatoms. The molecule has 2 N–H and O–H groups in total. The molecule has 1 atom stereocenters. The highest BCUT2D eigenvalue weighted by atomic mass is 16.5. The highest BCUT2D eigenvalue weighted by Gasteiger charge is 2.34. The van der Waals surface area contributed by atoms with E-state index in [0.717, 1.165) is 0 Å². The van der Waals surface area contributed by atoms with Crippen LogP contribution in [0.25, 0.3) is 0 Å². The minimum absolute atomic E-state index is 0.0499. The van der Waals surface area contributed by atoms with Gasteiger partial charge in [-0.15, -0.1) is 0 Å². The van der Waals surface area contributed by atoms with E-state index in [0.29, 0.717) is 18.8 Å². The number of aliphatic hydroxyl groups is 2. The lowest BCUT2D eigenvalue weighted by atomic mass is 10.1. The van der Waals surface area contributed by atoms with Gasteiger partial charge in [0.05, 0.1) is 50.9 Å². The van der Waals surface area contributed by atoms with Crippen LogP contribution in [0.5, 0.6) is 5.75 Å². The van der Waals surface area contributed by atoms with Crippen LogP contribution in [-0.2, 0) is 28.5 Å². The normalized spacial score (nSPS) is 14.6. The van der Waals surface area contributed by atoms with E-state index in [1.807, 2.05) is 6.92 Å². The van der Waals surface area contributed by atoms with E-state index < -0.39 is 37.2 Å². The largest absolute Gasteiger partial charge is 0.491 e. The molecule has 1 aliphatic rings. The van der Waals surface area contributed by atoms with Crippen molar-refractivity contribution < 1.29 is 48.3 Å². The number of ether oxygens (including phenoxy) is 5. The molecule has 0 saturated carbocycles. The fraction of sp³-hybridized carbons (Fsp3) is 0.476. The van der Waals surface area contributed by atoms with Crippen molar-refractivity contribution in [1.29, 1.82) is 0 Å². The van der Waals surface area contributed by atoms with Crippen LogP contribution in [-0.4, -0.2) is 81.6 Å². The van der Waals surface area contributed by atoms with E-state index in [1.165, 1.54) is 37.3 Å². The van der Waals surface area contributed by atoms with Crippen molar-refractivity contribution in [3.63, 3.8) is 0 Å². The summed E-state index contributed by atoms with van der Waals surface area (Å²) >= 11 is 0. The summed E-state index contributed by atoms with van der Waals surface area (Å²) in [6.45, 7) is 1.02. The summed E-state index contributed by atoms with van der Waals surface area (Å²) in [6, 6.07) is 4.38. The monoisotopic (exact) mass is 453 g/mol. The topological polar surface area (TPSA) is 141 Å². The number of carbonyl (C=O) groups is 3. The Morgan fingerprint density at radius 1 is 1.16 bits per heavy atom. The molecule has 0 saturated heterocycles. The van der Waals surface area contributed by atoms with Crippen molar-refractivity contribution in [3.8, 4) is 5.75 Å². The van der Waals surface area contributed by atoms with Crippen LogP contribution < -0.4 is 9.64 Å². The SMILES string of the molecule is CCCOc1ccc(C(=O)OCC(O)CO)cc1N1COCC(C(=O)OC)=C1C(=O)OC. The van der Waals surface area contributed by atoms with E-state index in [1.54, 1.807) is 0 Å². The maximum atomic E-state index is 12.6. The molecule has 176 valence electrons. The third kappa shape index (κ3) is 5.96. The predicted molar refractivity (Wildman–Crippen MR) is 110 cm³/mol. The Hall–Kier alpha value is -3.15. The molecule has 32 heavy (non-hydrogen) atoms. The molecular formula is C21H27NO10. The van der Waals surface area contributed by atoms with Gasteiger partial charge in [0.1, 0.15) is 30.9 Å². The third-order valence-corrected chi connectivity index (χ3v) is 4.40. The number of methoxy groups -OCH3 is 2. The maximum absolute atomic E-state index is 12.6. The van der Waals surface area contributed by atoms with Gasteiger partial charge in [0.15, 0.2) is 0 Å². The van der Waals surface area contributed by atoms with E-state index in [4.69, 9.17) is 28.8 Å². The van der Waals surface area contributed by atoms with Crippen molar-refractivity contribution in [2.45, 2.75) is 19.4 Å². The summed E-state index contributed by atoms with van der Waals surface area (Å²) in [5.74, 6) is -2.00. The molecule has 11 nitrogen and oxygen atoms in total. The molecule has 0 bridgehead atoms. The molecule has 0 aromatic heterocycles. The predicted octanol–water partition coefficient (Wildman–Crippen LogP) is 0.380. The smallest absolute Gasteiger partial charge is 0.355 e. The van der Waals surface area contributed by atoms with Crippen LogP contribution in [0, 0.1) is 0 Å². The Labute approximate surface area is 185 Å². The molecule has 1 aromatic carbocycles. The van der Waals surface area contributed by atoms with Crippen LogP contribution in [0.15, 0.2) is 29.5 Å². The summed E-state index contributed by atoms with van der Waals surface area (Å²) in [6.07, 6.45) is -0.510. The first-order valence-corrected chi connectivity index (χ1v) is 9.85. The summed E-state index contributed by atoms with van der Waals surface area (Å²) in [5.41, 5.74) is 0.194. The Balaban J connectivity index is 2.54. The second kappa shape index (κ2) is 12.0. The zero-order valence-corrected chi connectivity index (χ0v) is 18.2. The van der Waals surface area contributed by atoms with E-state index >= 15 is 0 Å². The molecule has 1 heterocycles. The molecular weight excluding hydrogens is 426 g/mol. The fourth-order valence-electron chi connectivity index (χ4n) is 2.83. The van der Waals surface area contributed by atoms with Gasteiger partial charge < -0.3 is 38.8 Å². The van der Waals surface area contributed by atoms with Crippen LogP contribution in [0.4, 0.5) is 5.69 Å². The quantitative estimate of drug-likeness (QED) is 0.375. The standard InChI is InChI=1S/C21H27NO10/c1-4-7-31-17-6-5-13(19(25)32-10-14(24)9-23)8-16(17)22-12-30-11-15(20(26)28-2)18(22)21(27)29-3/h5-6,8,14,23-24H,4,7,9-12H2,1-3H3. The second-order valence-electron chi connectivity index (χ2n) is 6.68. The Morgan fingerprint density at radius 2 is 1.88 bits per heavy atom.